The number of ether oxygens (including phenoxy) is 2. The lowest BCUT2D eigenvalue weighted by molar-refractivity contribution is -0.127. The Morgan fingerprint density at radius 3 is 2.56 bits per heavy atom. The van der Waals surface area contributed by atoms with Crippen LogP contribution in [-0.4, -0.2) is 86.4 Å². The minimum Gasteiger partial charge on any atom is -0.381 e. The van der Waals surface area contributed by atoms with E-state index in [0.29, 0.717) is 12.1 Å². The molecule has 3 rings (SSSR count). The van der Waals surface area contributed by atoms with Crippen LogP contribution in [0.2, 0.25) is 0 Å². The number of aliphatic imine (C=N–C) groups is 1. The van der Waals surface area contributed by atoms with Crippen molar-refractivity contribution >= 4 is 47.6 Å². The number of hydrogen-bond donors (Lipinski definition) is 2. The number of likely N-dealkylation sites (N-methyl/N-ethyl adjacent to an activating group) is 1. The van der Waals surface area contributed by atoms with Crippen LogP contribution in [0.25, 0.3) is 0 Å². The second-order valence-electron chi connectivity index (χ2n) is 7.65. The van der Waals surface area contributed by atoms with Crippen molar-refractivity contribution in [2.75, 3.05) is 52.0 Å². The van der Waals surface area contributed by atoms with Crippen LogP contribution >= 0.6 is 35.7 Å². The highest BCUT2D eigenvalue weighted by Gasteiger charge is 2.40. The Morgan fingerprint density at radius 2 is 1.89 bits per heavy atom. The van der Waals surface area contributed by atoms with Crippen LogP contribution in [0.1, 0.15) is 32.1 Å². The molecule has 9 heteroatoms. The van der Waals surface area contributed by atoms with Crippen LogP contribution in [0, 0.1) is 0 Å². The summed E-state index contributed by atoms with van der Waals surface area (Å²) >= 11 is 1.98. The summed E-state index contributed by atoms with van der Waals surface area (Å²) in [5, 5.41) is 7.11. The van der Waals surface area contributed by atoms with E-state index in [4.69, 9.17) is 9.47 Å². The van der Waals surface area contributed by atoms with Gasteiger partial charge in [0.25, 0.3) is 0 Å². The van der Waals surface area contributed by atoms with Gasteiger partial charge in [-0.05, 0) is 37.9 Å². The minimum atomic E-state index is 0. The topological polar surface area (TPSA) is 75.2 Å². The first kappa shape index (κ1) is 23.0. The van der Waals surface area contributed by atoms with Gasteiger partial charge in [0.05, 0.1) is 5.60 Å². The van der Waals surface area contributed by atoms with Crippen molar-refractivity contribution in [3.05, 3.63) is 0 Å². The highest BCUT2D eigenvalue weighted by atomic mass is 127. The molecule has 3 saturated heterocycles. The number of carbonyl (C=O) groups is 1. The molecule has 0 bridgehead atoms. The Bertz CT molecular complexity index is 509. The zero-order chi connectivity index (χ0) is 18.4. The second kappa shape index (κ2) is 11.1. The number of rotatable bonds is 4. The molecule has 7 nitrogen and oxygen atoms in total. The lowest BCUT2D eigenvalue weighted by Crippen LogP contribution is -2.54. The summed E-state index contributed by atoms with van der Waals surface area (Å²) in [7, 11) is 3.52. The predicted octanol–water partition coefficient (Wildman–Crippen LogP) is 1.46. The fourth-order valence-corrected chi connectivity index (χ4v) is 5.04. The molecule has 2 unspecified atom stereocenters. The highest BCUT2D eigenvalue weighted by Crippen LogP contribution is 2.38. The molecule has 156 valence electrons. The Morgan fingerprint density at radius 1 is 1.19 bits per heavy atom. The fraction of sp³-hybridized carbons (Fsp3) is 0.889. The van der Waals surface area contributed by atoms with Crippen LogP contribution in [0.4, 0.5) is 0 Å². The van der Waals surface area contributed by atoms with Gasteiger partial charge in [-0.1, -0.05) is 0 Å². The standard InChI is InChI=1S/C18H32N4O3S.HI/c1-22(2)16(23)12-19-17(20-14-3-7-24-8-4-14)21-15-5-9-25-18(11-15)6-10-26-13-18;/h14-15H,3-13H2,1-2H3,(H2,19,20,21);1H. The highest BCUT2D eigenvalue weighted by molar-refractivity contribution is 14.0. The van der Waals surface area contributed by atoms with Gasteiger partial charge < -0.3 is 25.0 Å². The zero-order valence-corrected chi connectivity index (χ0v) is 19.5. The second-order valence-corrected chi connectivity index (χ2v) is 8.76. The third-order valence-corrected chi connectivity index (χ3v) is 6.56. The van der Waals surface area contributed by atoms with Gasteiger partial charge in [-0.3, -0.25) is 4.79 Å². The summed E-state index contributed by atoms with van der Waals surface area (Å²) in [5.74, 6) is 3.03. The Hall–Kier alpha value is -0.260. The van der Waals surface area contributed by atoms with Crippen molar-refractivity contribution in [1.82, 2.24) is 15.5 Å². The molecule has 0 aromatic carbocycles. The molecule has 27 heavy (non-hydrogen) atoms. The summed E-state index contributed by atoms with van der Waals surface area (Å²) in [4.78, 5) is 18.1. The van der Waals surface area contributed by atoms with E-state index >= 15 is 0 Å². The van der Waals surface area contributed by atoms with Crippen LogP contribution < -0.4 is 10.6 Å². The number of halogens is 1. The quantitative estimate of drug-likeness (QED) is 0.338. The Balaban J connectivity index is 0.00000261. The number of thioether (sulfide) groups is 1. The number of amides is 1. The van der Waals surface area contributed by atoms with Crippen LogP contribution in [0.3, 0.4) is 0 Å². The molecule has 1 amide bonds. The van der Waals surface area contributed by atoms with Crippen LogP contribution in [-0.2, 0) is 14.3 Å². The maximum atomic E-state index is 12.0. The summed E-state index contributed by atoms with van der Waals surface area (Å²) in [6, 6.07) is 0.684. The Kier molecular flexibility index (Phi) is 9.43. The van der Waals surface area contributed by atoms with Crippen molar-refractivity contribution in [3.8, 4) is 0 Å². The van der Waals surface area contributed by atoms with E-state index < -0.39 is 0 Å². The number of hydrogen-bond acceptors (Lipinski definition) is 5. The lowest BCUT2D eigenvalue weighted by atomic mass is 9.90. The Labute approximate surface area is 183 Å². The minimum absolute atomic E-state index is 0. The molecule has 1 spiro atoms. The van der Waals surface area contributed by atoms with E-state index in [0.717, 1.165) is 63.6 Å². The number of guanidine groups is 1. The molecular formula is C18H33IN4O3S. The van der Waals surface area contributed by atoms with Gasteiger partial charge in [-0.15, -0.1) is 24.0 Å². The molecule has 2 atom stereocenters. The number of nitrogens with one attached hydrogen (secondary N) is 2. The zero-order valence-electron chi connectivity index (χ0n) is 16.4. The molecule has 3 fully saturated rings. The van der Waals surface area contributed by atoms with E-state index in [9.17, 15) is 4.79 Å². The monoisotopic (exact) mass is 512 g/mol. The van der Waals surface area contributed by atoms with Crippen LogP contribution in [0.15, 0.2) is 4.99 Å². The van der Waals surface area contributed by atoms with Crippen molar-refractivity contribution < 1.29 is 14.3 Å². The van der Waals surface area contributed by atoms with E-state index in [1.807, 2.05) is 11.8 Å². The summed E-state index contributed by atoms with van der Waals surface area (Å²) < 4.78 is 11.6. The van der Waals surface area contributed by atoms with E-state index in [2.05, 4.69) is 15.6 Å². The average molecular weight is 512 g/mol. The molecule has 0 radical (unpaired) electrons. The molecule has 3 aliphatic heterocycles. The molecular weight excluding hydrogens is 479 g/mol. The summed E-state index contributed by atoms with van der Waals surface area (Å²) in [5.41, 5.74) is 0.0316. The van der Waals surface area contributed by atoms with Gasteiger partial charge >= 0.3 is 0 Å². The first-order valence-electron chi connectivity index (χ1n) is 9.63. The predicted molar refractivity (Wildman–Crippen MR) is 120 cm³/mol. The first-order valence-corrected chi connectivity index (χ1v) is 10.8. The molecule has 0 saturated carbocycles. The lowest BCUT2D eigenvalue weighted by Gasteiger charge is -2.39. The van der Waals surface area contributed by atoms with Gasteiger partial charge in [0.2, 0.25) is 5.91 Å². The number of nitrogens with zero attached hydrogens (tertiary/aromatic N) is 2. The third kappa shape index (κ3) is 6.93. The summed E-state index contributed by atoms with van der Waals surface area (Å²) in [6.07, 6.45) is 5.06. The molecule has 3 aliphatic rings. The van der Waals surface area contributed by atoms with E-state index in [1.165, 1.54) is 5.75 Å². The third-order valence-electron chi connectivity index (χ3n) is 5.33. The molecule has 2 N–H and O–H groups in total. The van der Waals surface area contributed by atoms with Gasteiger partial charge in [-0.25, -0.2) is 4.99 Å². The molecule has 0 aromatic rings. The maximum absolute atomic E-state index is 12.0. The van der Waals surface area contributed by atoms with Gasteiger partial charge in [0.15, 0.2) is 5.96 Å². The maximum Gasteiger partial charge on any atom is 0.243 e. The van der Waals surface area contributed by atoms with Gasteiger partial charge in [0.1, 0.15) is 6.54 Å². The molecule has 0 aromatic heterocycles. The van der Waals surface area contributed by atoms with E-state index in [1.54, 1.807) is 19.0 Å². The van der Waals surface area contributed by atoms with Crippen molar-refractivity contribution in [2.45, 2.75) is 49.8 Å². The fourth-order valence-electron chi connectivity index (χ4n) is 3.66. The van der Waals surface area contributed by atoms with E-state index in [-0.39, 0.29) is 42.0 Å². The van der Waals surface area contributed by atoms with Crippen molar-refractivity contribution in [2.24, 2.45) is 4.99 Å². The normalized spacial score (nSPS) is 29.3. The summed E-state index contributed by atoms with van der Waals surface area (Å²) in [6.45, 7) is 2.51. The van der Waals surface area contributed by atoms with Gasteiger partial charge in [-0.2, -0.15) is 11.8 Å². The largest absolute Gasteiger partial charge is 0.381 e. The smallest absolute Gasteiger partial charge is 0.243 e. The van der Waals surface area contributed by atoms with Gasteiger partial charge in [0, 0.05) is 51.8 Å². The SMILES string of the molecule is CN(C)C(=O)CN=C(NC1CCOCC1)NC1CCOC2(CCSC2)C1.I. The number of carbonyl (C=O) groups excluding carboxylic acids is 1. The first-order chi connectivity index (χ1) is 12.6. The molecule has 0 aliphatic carbocycles. The molecule has 3 heterocycles. The van der Waals surface area contributed by atoms with Crippen LogP contribution in [0.5, 0.6) is 0 Å². The van der Waals surface area contributed by atoms with Crippen molar-refractivity contribution in [3.63, 3.8) is 0 Å². The van der Waals surface area contributed by atoms with Crippen molar-refractivity contribution in [1.29, 1.82) is 0 Å². The average Bonchev–Trinajstić information content (AvgIpc) is 3.07.